The summed E-state index contributed by atoms with van der Waals surface area (Å²) in [4.78, 5) is 15.0. The Balaban J connectivity index is 1.99. The topological polar surface area (TPSA) is 59.0 Å². The zero-order chi connectivity index (χ0) is 17.1. The molecule has 3 unspecified atom stereocenters. The second-order valence-electron chi connectivity index (χ2n) is 7.10. The van der Waals surface area contributed by atoms with E-state index in [-0.39, 0.29) is 17.6 Å². The molecule has 0 amide bonds. The number of phenols is 1. The molecule has 0 aromatic heterocycles. The molecule has 1 saturated heterocycles. The summed E-state index contributed by atoms with van der Waals surface area (Å²) in [6.07, 6.45) is 3.56. The Morgan fingerprint density at radius 1 is 1.33 bits per heavy atom. The van der Waals surface area contributed by atoms with E-state index in [9.17, 15) is 9.90 Å². The second-order valence-corrected chi connectivity index (χ2v) is 7.10. The summed E-state index contributed by atoms with van der Waals surface area (Å²) >= 11 is 0. The van der Waals surface area contributed by atoms with Gasteiger partial charge in [0.05, 0.1) is 7.11 Å². The molecule has 5 heteroatoms. The van der Waals surface area contributed by atoms with Crippen molar-refractivity contribution in [3.05, 3.63) is 34.9 Å². The Bertz CT molecular complexity index is 741. The van der Waals surface area contributed by atoms with Crippen LogP contribution in [0.1, 0.15) is 24.0 Å². The molecule has 0 spiro atoms. The number of ether oxygens (including phenoxy) is 2. The molecule has 0 radical (unpaired) electrons. The van der Waals surface area contributed by atoms with Crippen LogP contribution in [0.5, 0.6) is 11.5 Å². The minimum absolute atomic E-state index is 0.0830. The first kappa shape index (κ1) is 15.7. The molecule has 2 bridgehead atoms. The van der Waals surface area contributed by atoms with Crippen molar-refractivity contribution in [3.8, 4) is 11.5 Å². The normalized spacial score (nSPS) is 32.0. The van der Waals surface area contributed by atoms with Gasteiger partial charge in [-0.05, 0) is 49.7 Å². The van der Waals surface area contributed by atoms with E-state index in [0.717, 1.165) is 30.5 Å². The van der Waals surface area contributed by atoms with Crippen LogP contribution in [0.15, 0.2) is 23.8 Å². The summed E-state index contributed by atoms with van der Waals surface area (Å²) in [5, 5.41) is 10.8. The molecule has 24 heavy (non-hydrogen) atoms. The summed E-state index contributed by atoms with van der Waals surface area (Å²) in [7, 11) is 5.26. The molecule has 2 aliphatic carbocycles. The zero-order valence-electron chi connectivity index (χ0n) is 14.3. The molecule has 5 nitrogen and oxygen atoms in total. The number of rotatable bonds is 2. The lowest BCUT2D eigenvalue weighted by Gasteiger charge is -2.54. The van der Waals surface area contributed by atoms with E-state index in [1.807, 2.05) is 18.2 Å². The molecular weight excluding hydrogens is 306 g/mol. The van der Waals surface area contributed by atoms with Gasteiger partial charge in [-0.2, -0.15) is 0 Å². The van der Waals surface area contributed by atoms with Crippen LogP contribution in [-0.2, 0) is 21.4 Å². The van der Waals surface area contributed by atoms with Gasteiger partial charge in [-0.1, -0.05) is 6.07 Å². The number of carbonyl (C=O) groups excluding carboxylic acids is 1. The van der Waals surface area contributed by atoms with Crippen molar-refractivity contribution in [1.82, 2.24) is 4.90 Å². The van der Waals surface area contributed by atoms with Crippen LogP contribution >= 0.6 is 0 Å². The molecule has 1 fully saturated rings. The molecule has 1 heterocycles. The highest BCUT2D eigenvalue weighted by atomic mass is 16.5. The van der Waals surface area contributed by atoms with Crippen LogP contribution in [0.2, 0.25) is 0 Å². The number of phenolic OH excluding ortho intramolecular Hbond substituents is 1. The first-order valence-electron chi connectivity index (χ1n) is 8.39. The number of piperidine rings is 1. The largest absolute Gasteiger partial charge is 0.504 e. The highest BCUT2D eigenvalue weighted by Gasteiger charge is 2.54. The van der Waals surface area contributed by atoms with Crippen molar-refractivity contribution in [2.45, 2.75) is 36.8 Å². The number of likely N-dealkylation sites (tertiary alicyclic amines) is 1. The summed E-state index contributed by atoms with van der Waals surface area (Å²) in [6, 6.07) is 4.10. The summed E-state index contributed by atoms with van der Waals surface area (Å²) < 4.78 is 10.7. The third kappa shape index (κ3) is 1.91. The molecule has 1 N–H and O–H groups in total. The molecule has 3 aliphatic rings. The molecule has 128 valence electrons. The van der Waals surface area contributed by atoms with Gasteiger partial charge in [-0.25, -0.2) is 0 Å². The smallest absolute Gasteiger partial charge is 0.166 e. The Labute approximate surface area is 141 Å². The summed E-state index contributed by atoms with van der Waals surface area (Å²) in [6.45, 7) is 0.906. The molecular formula is C19H23NO4. The fourth-order valence-electron chi connectivity index (χ4n) is 4.85. The van der Waals surface area contributed by atoms with Gasteiger partial charge in [0, 0.05) is 30.6 Å². The molecule has 4 rings (SSSR count). The van der Waals surface area contributed by atoms with Gasteiger partial charge in [-0.15, -0.1) is 0 Å². The van der Waals surface area contributed by atoms with Crippen molar-refractivity contribution in [2.24, 2.45) is 0 Å². The van der Waals surface area contributed by atoms with Crippen LogP contribution < -0.4 is 4.74 Å². The zero-order valence-corrected chi connectivity index (χ0v) is 14.3. The van der Waals surface area contributed by atoms with Gasteiger partial charge in [0.15, 0.2) is 17.3 Å². The lowest BCUT2D eigenvalue weighted by atomic mass is 9.56. The predicted molar refractivity (Wildman–Crippen MR) is 89.6 cm³/mol. The highest BCUT2D eigenvalue weighted by molar-refractivity contribution is 5.90. The maximum absolute atomic E-state index is 12.6. The number of benzene rings is 1. The maximum Gasteiger partial charge on any atom is 0.166 e. The number of likely N-dealkylation sites (N-methyl/N-ethyl adjacent to an activating group) is 1. The van der Waals surface area contributed by atoms with E-state index in [4.69, 9.17) is 9.47 Å². The Kier molecular flexibility index (Phi) is 3.48. The van der Waals surface area contributed by atoms with E-state index >= 15 is 0 Å². The molecule has 1 aromatic carbocycles. The van der Waals surface area contributed by atoms with Crippen molar-refractivity contribution in [3.63, 3.8) is 0 Å². The Hall–Kier alpha value is -1.85. The maximum atomic E-state index is 12.6. The third-order valence-corrected chi connectivity index (χ3v) is 6.05. The quantitative estimate of drug-likeness (QED) is 0.839. The Morgan fingerprint density at radius 3 is 2.83 bits per heavy atom. The number of hydrogen-bond donors (Lipinski definition) is 1. The van der Waals surface area contributed by atoms with Crippen molar-refractivity contribution < 1.29 is 19.4 Å². The monoisotopic (exact) mass is 329 g/mol. The van der Waals surface area contributed by atoms with E-state index < -0.39 is 11.5 Å². The number of fused-ring (bicyclic) bond motifs is 1. The van der Waals surface area contributed by atoms with Gasteiger partial charge in [0.2, 0.25) is 0 Å². The van der Waals surface area contributed by atoms with E-state index in [1.165, 1.54) is 5.57 Å². The number of hydrogen-bond acceptors (Lipinski definition) is 5. The minimum Gasteiger partial charge on any atom is -0.504 e. The van der Waals surface area contributed by atoms with E-state index in [1.54, 1.807) is 14.2 Å². The van der Waals surface area contributed by atoms with E-state index in [0.29, 0.717) is 12.2 Å². The number of nitrogens with zero attached hydrogens (tertiary/aromatic N) is 1. The van der Waals surface area contributed by atoms with Gasteiger partial charge in [0.1, 0.15) is 6.10 Å². The van der Waals surface area contributed by atoms with E-state index in [2.05, 4.69) is 11.9 Å². The number of methoxy groups -OCH3 is 2. The number of ketones is 1. The van der Waals surface area contributed by atoms with Gasteiger partial charge < -0.3 is 14.6 Å². The van der Waals surface area contributed by atoms with Crippen LogP contribution in [0.25, 0.3) is 0 Å². The lowest BCUT2D eigenvalue weighted by molar-refractivity contribution is -0.129. The van der Waals surface area contributed by atoms with Crippen molar-refractivity contribution in [1.29, 1.82) is 0 Å². The number of aromatic hydroxyl groups is 1. The van der Waals surface area contributed by atoms with Gasteiger partial charge >= 0.3 is 0 Å². The van der Waals surface area contributed by atoms with Crippen LogP contribution in [0, 0.1) is 0 Å². The highest BCUT2D eigenvalue weighted by Crippen LogP contribution is 2.56. The fraction of sp³-hybridized carbons (Fsp3) is 0.526. The molecule has 1 aliphatic heterocycles. The van der Waals surface area contributed by atoms with Gasteiger partial charge in [-0.3, -0.25) is 9.69 Å². The average molecular weight is 329 g/mol. The standard InChI is InChI=1S/C19H23NO4/c1-20-7-6-19-10-14(21)16(24-3)9-12(19)13(20)8-11-4-5-15(23-2)18(22)17(11)19/h4-5,9,13,16,22H,6-8,10H2,1-3H3. The SMILES string of the molecule is COc1ccc2c(c1O)C13CCN(C)C(C2)C1=CC(OC)C(=O)C3. The minimum atomic E-state index is -0.476. The first-order chi connectivity index (χ1) is 11.5. The summed E-state index contributed by atoms with van der Waals surface area (Å²) in [5.74, 6) is 0.744. The molecule has 0 saturated carbocycles. The van der Waals surface area contributed by atoms with Gasteiger partial charge in [0.25, 0.3) is 0 Å². The lowest BCUT2D eigenvalue weighted by Crippen LogP contribution is -2.57. The number of carbonyl (C=O) groups is 1. The number of Topliss-reactive ketones (excluding diaryl/α,β-unsaturated/α-hetero) is 1. The van der Waals surface area contributed by atoms with Crippen molar-refractivity contribution in [2.75, 3.05) is 27.8 Å². The summed E-state index contributed by atoms with van der Waals surface area (Å²) in [5.41, 5.74) is 2.81. The first-order valence-corrected chi connectivity index (χ1v) is 8.39. The molecule has 1 aromatic rings. The van der Waals surface area contributed by atoms with Crippen LogP contribution in [-0.4, -0.2) is 55.7 Å². The van der Waals surface area contributed by atoms with Crippen LogP contribution in [0.4, 0.5) is 0 Å². The van der Waals surface area contributed by atoms with Crippen molar-refractivity contribution >= 4 is 5.78 Å². The second kappa shape index (κ2) is 5.33. The Morgan fingerprint density at radius 2 is 2.12 bits per heavy atom. The third-order valence-electron chi connectivity index (χ3n) is 6.05. The average Bonchev–Trinajstić information content (AvgIpc) is 2.57. The van der Waals surface area contributed by atoms with Crippen LogP contribution in [0.3, 0.4) is 0 Å². The molecule has 3 atom stereocenters. The predicted octanol–water partition coefficient (Wildman–Crippen LogP) is 1.81. The fourth-order valence-corrected chi connectivity index (χ4v) is 4.85.